The molecule has 0 bridgehead atoms. The summed E-state index contributed by atoms with van der Waals surface area (Å²) in [5, 5.41) is 14.6. The smallest absolute Gasteiger partial charge is 0.275 e. The number of aryl methyl sites for hydroxylation is 1. The number of anilines is 1. The first-order valence-electron chi connectivity index (χ1n) is 4.48. The molecule has 0 aliphatic rings. The van der Waals surface area contributed by atoms with Crippen molar-refractivity contribution in [3.05, 3.63) is 34.5 Å². The first-order valence-corrected chi connectivity index (χ1v) is 4.48. The van der Waals surface area contributed by atoms with Gasteiger partial charge in [0.15, 0.2) is 0 Å². The quantitative estimate of drug-likeness (QED) is 0.599. The van der Waals surface area contributed by atoms with E-state index < -0.39 is 4.92 Å². The Morgan fingerprint density at radius 2 is 2.25 bits per heavy atom. The van der Waals surface area contributed by atoms with Crippen LogP contribution >= 0.6 is 0 Å². The minimum atomic E-state index is -0.502. The third-order valence-electron chi connectivity index (χ3n) is 2.12. The Bertz CT molecular complexity index is 549. The molecule has 82 valence electrons. The lowest BCUT2D eigenvalue weighted by Crippen LogP contribution is -2.00. The van der Waals surface area contributed by atoms with Crippen molar-refractivity contribution in [1.29, 1.82) is 0 Å². The SMILES string of the molecule is Cn1nccc1-c1cc([N+](=O)[O-])cc(N)n1. The summed E-state index contributed by atoms with van der Waals surface area (Å²) in [6.45, 7) is 0. The lowest BCUT2D eigenvalue weighted by Gasteiger charge is -2.02. The molecule has 7 heteroatoms. The second kappa shape index (κ2) is 3.61. The van der Waals surface area contributed by atoms with Crippen molar-refractivity contribution in [2.45, 2.75) is 0 Å². The molecule has 2 aromatic heterocycles. The summed E-state index contributed by atoms with van der Waals surface area (Å²) in [6, 6.07) is 4.30. The minimum Gasteiger partial charge on any atom is -0.383 e. The predicted molar refractivity (Wildman–Crippen MR) is 57.5 cm³/mol. The standard InChI is InChI=1S/C9H9N5O2/c1-13-8(2-3-11-13)7-4-6(14(15)16)5-9(10)12-7/h2-5H,1H3,(H2,10,12). The average molecular weight is 219 g/mol. The number of pyridine rings is 1. The van der Waals surface area contributed by atoms with Crippen molar-refractivity contribution >= 4 is 11.5 Å². The van der Waals surface area contributed by atoms with Crippen LogP contribution in [0.25, 0.3) is 11.4 Å². The molecule has 16 heavy (non-hydrogen) atoms. The van der Waals surface area contributed by atoms with E-state index >= 15 is 0 Å². The number of nitrogens with two attached hydrogens (primary N) is 1. The van der Waals surface area contributed by atoms with Crippen LogP contribution in [0, 0.1) is 10.1 Å². The zero-order chi connectivity index (χ0) is 11.7. The van der Waals surface area contributed by atoms with E-state index in [2.05, 4.69) is 10.1 Å². The van der Waals surface area contributed by atoms with Crippen LogP contribution in [0.3, 0.4) is 0 Å². The van der Waals surface area contributed by atoms with Crippen molar-refractivity contribution in [1.82, 2.24) is 14.8 Å². The lowest BCUT2D eigenvalue weighted by atomic mass is 10.2. The Morgan fingerprint density at radius 3 is 2.81 bits per heavy atom. The van der Waals surface area contributed by atoms with Gasteiger partial charge in [0.05, 0.1) is 22.4 Å². The number of hydrogen-bond acceptors (Lipinski definition) is 5. The lowest BCUT2D eigenvalue weighted by molar-refractivity contribution is -0.384. The van der Waals surface area contributed by atoms with Gasteiger partial charge in [-0.3, -0.25) is 14.8 Å². The van der Waals surface area contributed by atoms with Crippen molar-refractivity contribution < 1.29 is 4.92 Å². The van der Waals surface area contributed by atoms with Crippen LogP contribution < -0.4 is 5.73 Å². The fraction of sp³-hybridized carbons (Fsp3) is 0.111. The normalized spacial score (nSPS) is 10.3. The highest BCUT2D eigenvalue weighted by Crippen LogP contribution is 2.23. The molecule has 0 amide bonds. The largest absolute Gasteiger partial charge is 0.383 e. The van der Waals surface area contributed by atoms with E-state index in [0.717, 1.165) is 0 Å². The van der Waals surface area contributed by atoms with Crippen LogP contribution in [0.1, 0.15) is 0 Å². The van der Waals surface area contributed by atoms with Crippen LogP contribution in [0.2, 0.25) is 0 Å². The summed E-state index contributed by atoms with van der Waals surface area (Å²) in [5.74, 6) is 0.116. The fourth-order valence-electron chi connectivity index (χ4n) is 1.40. The Labute approximate surface area is 90.7 Å². The molecule has 2 rings (SSSR count). The van der Waals surface area contributed by atoms with Crippen LogP contribution in [0.15, 0.2) is 24.4 Å². The highest BCUT2D eigenvalue weighted by molar-refractivity contribution is 5.61. The summed E-state index contributed by atoms with van der Waals surface area (Å²) < 4.78 is 1.57. The van der Waals surface area contributed by atoms with Crippen LogP contribution in [-0.4, -0.2) is 19.7 Å². The van der Waals surface area contributed by atoms with Gasteiger partial charge >= 0.3 is 0 Å². The Kier molecular flexibility index (Phi) is 2.28. The van der Waals surface area contributed by atoms with E-state index in [-0.39, 0.29) is 11.5 Å². The van der Waals surface area contributed by atoms with Gasteiger partial charge in [0.1, 0.15) is 5.82 Å². The van der Waals surface area contributed by atoms with Gasteiger partial charge in [-0.15, -0.1) is 0 Å². The second-order valence-corrected chi connectivity index (χ2v) is 3.23. The van der Waals surface area contributed by atoms with Crippen molar-refractivity contribution in [2.75, 3.05) is 5.73 Å². The first-order chi connectivity index (χ1) is 7.58. The van der Waals surface area contributed by atoms with Gasteiger partial charge in [0, 0.05) is 19.3 Å². The predicted octanol–water partition coefficient (Wildman–Crippen LogP) is 0.972. The van der Waals surface area contributed by atoms with Crippen molar-refractivity contribution in [2.24, 2.45) is 7.05 Å². The summed E-state index contributed by atoms with van der Waals surface area (Å²) in [5.41, 5.74) is 6.54. The Morgan fingerprint density at radius 1 is 1.50 bits per heavy atom. The molecule has 0 saturated heterocycles. The molecule has 0 aromatic carbocycles. The van der Waals surface area contributed by atoms with Gasteiger partial charge in [-0.2, -0.15) is 5.10 Å². The van der Waals surface area contributed by atoms with Crippen molar-refractivity contribution in [3.63, 3.8) is 0 Å². The summed E-state index contributed by atoms with van der Waals surface area (Å²) in [7, 11) is 1.73. The number of rotatable bonds is 2. The average Bonchev–Trinajstić information content (AvgIpc) is 2.63. The highest BCUT2D eigenvalue weighted by Gasteiger charge is 2.12. The fourth-order valence-corrected chi connectivity index (χ4v) is 1.40. The second-order valence-electron chi connectivity index (χ2n) is 3.23. The number of nitro groups is 1. The monoisotopic (exact) mass is 219 g/mol. The molecule has 0 spiro atoms. The maximum atomic E-state index is 10.7. The minimum absolute atomic E-state index is 0.0799. The zero-order valence-corrected chi connectivity index (χ0v) is 8.49. The summed E-state index contributed by atoms with van der Waals surface area (Å²) in [6.07, 6.45) is 1.59. The molecule has 0 fully saturated rings. The molecule has 0 unspecified atom stereocenters. The van der Waals surface area contributed by atoms with Gasteiger partial charge in [-0.1, -0.05) is 0 Å². The number of aromatic nitrogens is 3. The van der Waals surface area contributed by atoms with Crippen molar-refractivity contribution in [3.8, 4) is 11.4 Å². The number of nitrogen functional groups attached to an aromatic ring is 1. The molecule has 0 saturated carbocycles. The van der Waals surface area contributed by atoms with Crippen LogP contribution in [-0.2, 0) is 7.05 Å². The van der Waals surface area contributed by atoms with Crippen LogP contribution in [0.5, 0.6) is 0 Å². The van der Waals surface area contributed by atoms with E-state index in [9.17, 15) is 10.1 Å². The molecule has 2 N–H and O–H groups in total. The molecular weight excluding hydrogens is 210 g/mol. The molecule has 2 heterocycles. The zero-order valence-electron chi connectivity index (χ0n) is 8.49. The molecule has 7 nitrogen and oxygen atoms in total. The summed E-state index contributed by atoms with van der Waals surface area (Å²) in [4.78, 5) is 14.2. The third-order valence-corrected chi connectivity index (χ3v) is 2.12. The highest BCUT2D eigenvalue weighted by atomic mass is 16.6. The number of hydrogen-bond donors (Lipinski definition) is 1. The maximum absolute atomic E-state index is 10.7. The van der Waals surface area contributed by atoms with E-state index in [1.807, 2.05) is 0 Å². The van der Waals surface area contributed by atoms with Gasteiger partial charge < -0.3 is 5.73 Å². The van der Waals surface area contributed by atoms with Gasteiger partial charge in [-0.05, 0) is 6.07 Å². The van der Waals surface area contributed by atoms with Crippen LogP contribution in [0.4, 0.5) is 11.5 Å². The molecule has 0 aliphatic heterocycles. The Balaban J connectivity index is 2.58. The molecule has 0 radical (unpaired) electrons. The molecule has 2 aromatic rings. The van der Waals surface area contributed by atoms with E-state index in [4.69, 9.17) is 5.73 Å². The van der Waals surface area contributed by atoms with E-state index in [1.54, 1.807) is 24.0 Å². The summed E-state index contributed by atoms with van der Waals surface area (Å²) >= 11 is 0. The number of nitrogens with zero attached hydrogens (tertiary/aromatic N) is 4. The van der Waals surface area contributed by atoms with E-state index in [1.165, 1.54) is 12.1 Å². The first kappa shape index (κ1) is 10.1. The maximum Gasteiger partial charge on any atom is 0.275 e. The van der Waals surface area contributed by atoms with E-state index in [0.29, 0.717) is 11.4 Å². The van der Waals surface area contributed by atoms with Gasteiger partial charge in [0.2, 0.25) is 0 Å². The topological polar surface area (TPSA) is 99.9 Å². The van der Waals surface area contributed by atoms with Gasteiger partial charge in [-0.25, -0.2) is 4.98 Å². The third kappa shape index (κ3) is 1.70. The molecule has 0 atom stereocenters. The van der Waals surface area contributed by atoms with Gasteiger partial charge in [0.25, 0.3) is 5.69 Å². The molecule has 0 aliphatic carbocycles. The molecular formula is C9H9N5O2. The Hall–Kier alpha value is -2.44.